The fourth-order valence-electron chi connectivity index (χ4n) is 2.55. The molecule has 7 heteroatoms. The molecule has 0 radical (unpaired) electrons. The summed E-state index contributed by atoms with van der Waals surface area (Å²) in [7, 11) is 0. The molecule has 0 bridgehead atoms. The second kappa shape index (κ2) is 5.44. The third-order valence-corrected chi connectivity index (χ3v) is 3.94. The molecular weight excluding hydrogens is 262 g/mol. The summed E-state index contributed by atoms with van der Waals surface area (Å²) < 4.78 is 0. The van der Waals surface area contributed by atoms with Crippen molar-refractivity contribution in [2.24, 2.45) is 5.92 Å². The molecule has 7 nitrogen and oxygen atoms in total. The molecule has 1 aliphatic rings. The van der Waals surface area contributed by atoms with Crippen LogP contribution in [0.2, 0.25) is 0 Å². The average Bonchev–Trinajstić information content (AvgIpc) is 2.41. The molecular formula is C13H17N3O4. The number of carboxylic acids is 1. The molecule has 2 unspecified atom stereocenters. The van der Waals surface area contributed by atoms with Crippen LogP contribution in [-0.2, 0) is 0 Å². The number of carbonyl (C=O) groups is 1. The number of nitrogens with zero attached hydrogens (tertiary/aromatic N) is 3. The Bertz CT molecular complexity index is 546. The molecule has 2 heterocycles. The molecule has 1 aliphatic heterocycles. The lowest BCUT2D eigenvalue weighted by Gasteiger charge is -2.38. The smallest absolute Gasteiger partial charge is 0.337 e. The summed E-state index contributed by atoms with van der Waals surface area (Å²) in [5, 5.41) is 20.1. The van der Waals surface area contributed by atoms with Crippen LogP contribution in [0, 0.1) is 16.0 Å². The van der Waals surface area contributed by atoms with Crippen LogP contribution in [-0.4, -0.2) is 33.6 Å². The number of piperidine rings is 1. The van der Waals surface area contributed by atoms with Crippen LogP contribution >= 0.6 is 0 Å². The number of aromatic nitrogens is 1. The molecule has 2 atom stereocenters. The van der Waals surface area contributed by atoms with Gasteiger partial charge in [-0.3, -0.25) is 10.1 Å². The van der Waals surface area contributed by atoms with Crippen molar-refractivity contribution in [3.63, 3.8) is 0 Å². The van der Waals surface area contributed by atoms with E-state index in [-0.39, 0.29) is 23.1 Å². The summed E-state index contributed by atoms with van der Waals surface area (Å²) in [6.45, 7) is 4.82. The van der Waals surface area contributed by atoms with Crippen molar-refractivity contribution in [3.05, 3.63) is 27.9 Å². The van der Waals surface area contributed by atoms with Gasteiger partial charge in [0.05, 0.1) is 10.5 Å². The lowest BCUT2D eigenvalue weighted by molar-refractivity contribution is -0.384. The van der Waals surface area contributed by atoms with Gasteiger partial charge in [0, 0.05) is 24.8 Å². The Hall–Kier alpha value is -2.18. The maximum atomic E-state index is 11.2. The highest BCUT2D eigenvalue weighted by atomic mass is 16.6. The molecule has 1 aromatic rings. The zero-order chi connectivity index (χ0) is 14.9. The number of hydrogen-bond donors (Lipinski definition) is 1. The van der Waals surface area contributed by atoms with E-state index >= 15 is 0 Å². The topological polar surface area (TPSA) is 96.6 Å². The first-order chi connectivity index (χ1) is 9.41. The normalized spacial score (nSPS) is 22.6. The van der Waals surface area contributed by atoms with Gasteiger partial charge < -0.3 is 10.0 Å². The quantitative estimate of drug-likeness (QED) is 0.673. The van der Waals surface area contributed by atoms with Gasteiger partial charge in [-0.05, 0) is 25.7 Å². The second-order valence-corrected chi connectivity index (χ2v) is 5.18. The second-order valence-electron chi connectivity index (χ2n) is 5.18. The Balaban J connectivity index is 2.45. The third-order valence-electron chi connectivity index (χ3n) is 3.94. The predicted octanol–water partition coefficient (Wildman–Crippen LogP) is 2.31. The van der Waals surface area contributed by atoms with Crippen molar-refractivity contribution >= 4 is 17.5 Å². The van der Waals surface area contributed by atoms with Gasteiger partial charge in [-0.25, -0.2) is 9.78 Å². The Morgan fingerprint density at radius 2 is 2.25 bits per heavy atom. The summed E-state index contributed by atoms with van der Waals surface area (Å²) in [6, 6.07) is 1.22. The SMILES string of the molecule is CC1CCCN(c2ncc(C(=O)O)cc2[N+](=O)[O-])C1C. The van der Waals surface area contributed by atoms with Crippen LogP contribution in [0.3, 0.4) is 0 Å². The highest BCUT2D eigenvalue weighted by Crippen LogP contribution is 2.33. The van der Waals surface area contributed by atoms with E-state index in [2.05, 4.69) is 11.9 Å². The summed E-state index contributed by atoms with van der Waals surface area (Å²) in [4.78, 5) is 27.4. The molecule has 0 amide bonds. The standard InChI is InChI=1S/C13H17N3O4/c1-8-4-3-5-15(9(8)2)12-11(16(19)20)6-10(7-14-12)13(17)18/h6-9H,3-5H2,1-2H3,(H,17,18). The molecule has 108 valence electrons. The van der Waals surface area contributed by atoms with Crippen molar-refractivity contribution in [2.45, 2.75) is 32.7 Å². The van der Waals surface area contributed by atoms with Crippen molar-refractivity contribution in [3.8, 4) is 0 Å². The molecule has 0 aromatic carbocycles. The number of hydrogen-bond acceptors (Lipinski definition) is 5. The average molecular weight is 279 g/mol. The van der Waals surface area contributed by atoms with E-state index in [1.54, 1.807) is 0 Å². The number of aromatic carboxylic acids is 1. The van der Waals surface area contributed by atoms with E-state index in [4.69, 9.17) is 5.11 Å². The molecule has 1 fully saturated rings. The van der Waals surface area contributed by atoms with E-state index in [1.165, 1.54) is 6.20 Å². The number of carboxylic acid groups (broad SMARTS) is 1. The van der Waals surface area contributed by atoms with E-state index in [0.717, 1.165) is 18.9 Å². The molecule has 0 aliphatic carbocycles. The Labute approximate surface area is 116 Å². The first-order valence-electron chi connectivity index (χ1n) is 6.56. The third kappa shape index (κ3) is 2.56. The first kappa shape index (κ1) is 14.2. The van der Waals surface area contributed by atoms with Crippen molar-refractivity contribution in [1.29, 1.82) is 0 Å². The van der Waals surface area contributed by atoms with Gasteiger partial charge in [-0.2, -0.15) is 0 Å². The molecule has 0 saturated carbocycles. The fourth-order valence-corrected chi connectivity index (χ4v) is 2.55. The lowest BCUT2D eigenvalue weighted by Crippen LogP contribution is -2.43. The summed E-state index contributed by atoms with van der Waals surface area (Å²) >= 11 is 0. The van der Waals surface area contributed by atoms with Gasteiger partial charge in [-0.15, -0.1) is 0 Å². The Morgan fingerprint density at radius 1 is 1.55 bits per heavy atom. The summed E-state index contributed by atoms with van der Waals surface area (Å²) in [6.07, 6.45) is 3.21. The number of rotatable bonds is 3. The van der Waals surface area contributed by atoms with Crippen LogP contribution in [0.4, 0.5) is 11.5 Å². The van der Waals surface area contributed by atoms with E-state index in [1.807, 2.05) is 11.8 Å². The van der Waals surface area contributed by atoms with Crippen LogP contribution < -0.4 is 4.90 Å². The minimum absolute atomic E-state index is 0.144. The van der Waals surface area contributed by atoms with Gasteiger partial charge in [0.15, 0.2) is 0 Å². The number of nitro groups is 1. The van der Waals surface area contributed by atoms with Gasteiger partial charge in [0.2, 0.25) is 5.82 Å². The largest absolute Gasteiger partial charge is 0.478 e. The minimum atomic E-state index is -1.22. The van der Waals surface area contributed by atoms with Gasteiger partial charge in [0.1, 0.15) is 0 Å². The first-order valence-corrected chi connectivity index (χ1v) is 6.56. The van der Waals surface area contributed by atoms with Crippen LogP contribution in [0.15, 0.2) is 12.3 Å². The Kier molecular flexibility index (Phi) is 3.87. The molecule has 1 aromatic heterocycles. The molecule has 20 heavy (non-hydrogen) atoms. The number of pyridine rings is 1. The van der Waals surface area contributed by atoms with Crippen LogP contribution in [0.25, 0.3) is 0 Å². The highest BCUT2D eigenvalue weighted by molar-refractivity contribution is 5.88. The van der Waals surface area contributed by atoms with E-state index in [0.29, 0.717) is 12.5 Å². The highest BCUT2D eigenvalue weighted by Gasteiger charge is 2.31. The van der Waals surface area contributed by atoms with Crippen LogP contribution in [0.1, 0.15) is 37.0 Å². The molecule has 1 N–H and O–H groups in total. The zero-order valence-electron chi connectivity index (χ0n) is 11.4. The zero-order valence-corrected chi connectivity index (χ0v) is 11.4. The van der Waals surface area contributed by atoms with E-state index in [9.17, 15) is 14.9 Å². The molecule has 0 spiro atoms. The fraction of sp³-hybridized carbons (Fsp3) is 0.538. The van der Waals surface area contributed by atoms with Gasteiger partial charge in [-0.1, -0.05) is 6.92 Å². The summed E-state index contributed by atoms with van der Waals surface area (Å²) in [5.41, 5.74) is -0.413. The maximum absolute atomic E-state index is 11.2. The van der Waals surface area contributed by atoms with Crippen molar-refractivity contribution in [2.75, 3.05) is 11.4 Å². The molecule has 2 rings (SSSR count). The van der Waals surface area contributed by atoms with Crippen molar-refractivity contribution < 1.29 is 14.8 Å². The monoisotopic (exact) mass is 279 g/mol. The van der Waals surface area contributed by atoms with Gasteiger partial charge in [0.25, 0.3) is 0 Å². The lowest BCUT2D eigenvalue weighted by atomic mass is 9.92. The maximum Gasteiger partial charge on any atom is 0.337 e. The minimum Gasteiger partial charge on any atom is -0.478 e. The van der Waals surface area contributed by atoms with Gasteiger partial charge >= 0.3 is 11.7 Å². The summed E-state index contributed by atoms with van der Waals surface area (Å²) in [5.74, 6) is -0.532. The predicted molar refractivity (Wildman–Crippen MR) is 73.1 cm³/mol. The van der Waals surface area contributed by atoms with Crippen LogP contribution in [0.5, 0.6) is 0 Å². The number of anilines is 1. The molecule has 1 saturated heterocycles. The Morgan fingerprint density at radius 3 is 2.85 bits per heavy atom. The van der Waals surface area contributed by atoms with Crippen molar-refractivity contribution in [1.82, 2.24) is 4.98 Å². The van der Waals surface area contributed by atoms with E-state index < -0.39 is 10.9 Å².